The van der Waals surface area contributed by atoms with Gasteiger partial charge in [0.25, 0.3) is 0 Å². The van der Waals surface area contributed by atoms with Crippen molar-refractivity contribution in [3.8, 4) is 0 Å². The number of hydrogen-bond donors (Lipinski definition) is 3. The van der Waals surface area contributed by atoms with Gasteiger partial charge in [-0.05, 0) is 0 Å². The summed E-state index contributed by atoms with van der Waals surface area (Å²) in [5.74, 6) is -1.85. The van der Waals surface area contributed by atoms with E-state index >= 15 is 0 Å². The molecule has 17 heavy (non-hydrogen) atoms. The van der Waals surface area contributed by atoms with Crippen molar-refractivity contribution in [1.29, 1.82) is 0 Å². The molecule has 0 aromatic carbocycles. The van der Waals surface area contributed by atoms with E-state index in [9.17, 15) is 9.36 Å². The molecule has 0 aliphatic carbocycles. The van der Waals surface area contributed by atoms with Crippen LogP contribution in [-0.2, 0) is 9.36 Å². The summed E-state index contributed by atoms with van der Waals surface area (Å²) in [5.41, 5.74) is 0. The van der Waals surface area contributed by atoms with E-state index in [1.54, 1.807) is 0 Å². The number of rotatable bonds is 5. The Bertz CT molecular complexity index is 416. The molecule has 0 aliphatic heterocycles. The van der Waals surface area contributed by atoms with Crippen LogP contribution in [0.3, 0.4) is 0 Å². The van der Waals surface area contributed by atoms with Gasteiger partial charge in [0.15, 0.2) is 5.78 Å². The average molecular weight is 264 g/mol. The van der Waals surface area contributed by atoms with Crippen molar-refractivity contribution < 1.29 is 24.4 Å². The smallest absolute Gasteiger partial charge is 0.323 e. The maximum Gasteiger partial charge on any atom is 0.350 e. The fraction of sp³-hybridized carbons (Fsp3) is 0.571. The minimum Gasteiger partial charge on any atom is -0.323 e. The molecule has 0 aliphatic rings. The molecular weight excluding hydrogens is 251 g/mol. The maximum absolute atomic E-state index is 11.2. The number of amides is 1. The molecule has 3 N–H and O–H groups in total. The van der Waals surface area contributed by atoms with Gasteiger partial charge in [0.05, 0.1) is 12.7 Å². The van der Waals surface area contributed by atoms with E-state index in [-0.39, 0.29) is 13.0 Å². The molecule has 96 valence electrons. The second-order valence-electron chi connectivity index (χ2n) is 3.38. The Morgan fingerprint density at radius 3 is 2.65 bits per heavy atom. The Balaban J connectivity index is 2.74. The maximum atomic E-state index is 11.2. The van der Waals surface area contributed by atoms with Crippen molar-refractivity contribution >= 4 is 13.5 Å². The van der Waals surface area contributed by atoms with Crippen molar-refractivity contribution in [2.75, 3.05) is 6.54 Å². The number of carbonyl (C=O) groups is 1. The summed E-state index contributed by atoms with van der Waals surface area (Å²) < 4.78 is 12.2. The van der Waals surface area contributed by atoms with Crippen LogP contribution >= 0.6 is 7.60 Å². The minimum atomic E-state index is -4.44. The van der Waals surface area contributed by atoms with E-state index in [1.165, 1.54) is 12.4 Å². The molecule has 0 saturated carbocycles. The first-order chi connectivity index (χ1) is 7.82. The normalized spacial score (nSPS) is 13.4. The van der Waals surface area contributed by atoms with Crippen molar-refractivity contribution in [1.82, 2.24) is 20.1 Å². The molecule has 1 rings (SSSR count). The van der Waals surface area contributed by atoms with Gasteiger partial charge >= 0.3 is 7.60 Å². The molecule has 9 nitrogen and oxygen atoms in total. The van der Waals surface area contributed by atoms with Crippen LogP contribution in [0.1, 0.15) is 19.1 Å². The first kappa shape index (κ1) is 13.8. The predicted octanol–water partition coefficient (Wildman–Crippen LogP) is -0.418. The summed E-state index contributed by atoms with van der Waals surface area (Å²) >= 11 is 0. The van der Waals surface area contributed by atoms with Crippen molar-refractivity contribution in [2.45, 2.75) is 19.1 Å². The zero-order chi connectivity index (χ0) is 13.1. The van der Waals surface area contributed by atoms with E-state index in [2.05, 4.69) is 10.3 Å². The van der Waals surface area contributed by atoms with Gasteiger partial charge in [0, 0.05) is 19.5 Å². The topological polar surface area (TPSA) is 129 Å². The molecule has 0 saturated heterocycles. The summed E-state index contributed by atoms with van der Waals surface area (Å²) in [5, 5.41) is 16.5. The van der Waals surface area contributed by atoms with Crippen LogP contribution in [0.5, 0.6) is 0 Å². The van der Waals surface area contributed by atoms with Gasteiger partial charge in [-0.3, -0.25) is 14.6 Å². The van der Waals surface area contributed by atoms with Gasteiger partial charge in [0.2, 0.25) is 5.91 Å². The Morgan fingerprint density at radius 2 is 2.24 bits per heavy atom. The molecule has 10 heteroatoms. The molecule has 0 fully saturated rings. The summed E-state index contributed by atoms with van der Waals surface area (Å²) in [7, 11) is -4.44. The van der Waals surface area contributed by atoms with Crippen LogP contribution in [0.25, 0.3) is 0 Å². The number of hydroxylamine groups is 2. The SMILES string of the molecule is CC(=O)N(O)CCC(n1ccnn1)P(=O)(O)O. The van der Waals surface area contributed by atoms with Crippen molar-refractivity contribution in [2.24, 2.45) is 0 Å². The highest BCUT2D eigenvalue weighted by Gasteiger charge is 2.31. The first-order valence-electron chi connectivity index (χ1n) is 4.70. The van der Waals surface area contributed by atoms with E-state index in [4.69, 9.17) is 15.0 Å². The Hall–Kier alpha value is -1.28. The van der Waals surface area contributed by atoms with Gasteiger partial charge in [-0.1, -0.05) is 5.21 Å². The lowest BCUT2D eigenvalue weighted by atomic mass is 10.4. The molecule has 1 aromatic heterocycles. The van der Waals surface area contributed by atoms with Crippen LogP contribution in [0.15, 0.2) is 12.4 Å². The molecule has 0 radical (unpaired) electrons. The number of aromatic nitrogens is 3. The molecule has 1 heterocycles. The molecular formula is C7H13N4O5P. The summed E-state index contributed by atoms with van der Waals surface area (Å²) in [6, 6.07) is 0. The second kappa shape index (κ2) is 5.37. The molecule has 1 aromatic rings. The summed E-state index contributed by atoms with van der Waals surface area (Å²) in [6.07, 6.45) is 2.45. The predicted molar refractivity (Wildman–Crippen MR) is 54.9 cm³/mol. The van der Waals surface area contributed by atoms with Gasteiger partial charge in [-0.25, -0.2) is 9.75 Å². The Morgan fingerprint density at radius 1 is 1.59 bits per heavy atom. The van der Waals surface area contributed by atoms with Crippen LogP contribution in [-0.4, -0.2) is 47.5 Å². The first-order valence-corrected chi connectivity index (χ1v) is 6.38. The summed E-state index contributed by atoms with van der Waals surface area (Å²) in [4.78, 5) is 29.0. The van der Waals surface area contributed by atoms with Gasteiger partial charge < -0.3 is 9.79 Å². The van der Waals surface area contributed by atoms with Crippen molar-refractivity contribution in [3.63, 3.8) is 0 Å². The largest absolute Gasteiger partial charge is 0.350 e. The standard InChI is InChI=1S/C7H13N4O5P/c1-6(12)11(13)4-2-7(17(14,15)16)10-5-3-8-9-10/h3,5,7,13H,2,4H2,1H3,(H2,14,15,16). The molecule has 1 unspecified atom stereocenters. The number of carbonyl (C=O) groups excluding carboxylic acids is 1. The molecule has 1 amide bonds. The zero-order valence-corrected chi connectivity index (χ0v) is 9.93. The van der Waals surface area contributed by atoms with Crippen molar-refractivity contribution in [3.05, 3.63) is 12.4 Å². The lowest BCUT2D eigenvalue weighted by molar-refractivity contribution is -0.163. The third-order valence-corrected chi connectivity index (χ3v) is 3.37. The molecule has 0 spiro atoms. The van der Waals surface area contributed by atoms with Gasteiger partial charge in [-0.2, -0.15) is 0 Å². The average Bonchev–Trinajstić information content (AvgIpc) is 2.68. The molecule has 0 bridgehead atoms. The van der Waals surface area contributed by atoms with Crippen LogP contribution in [0.4, 0.5) is 0 Å². The van der Waals surface area contributed by atoms with E-state index in [0.717, 1.165) is 11.6 Å². The lowest BCUT2D eigenvalue weighted by Crippen LogP contribution is -2.28. The van der Waals surface area contributed by atoms with Crippen LogP contribution in [0, 0.1) is 0 Å². The van der Waals surface area contributed by atoms with Gasteiger partial charge in [-0.15, -0.1) is 5.10 Å². The van der Waals surface area contributed by atoms with Crippen LogP contribution in [0.2, 0.25) is 0 Å². The molecule has 1 atom stereocenters. The second-order valence-corrected chi connectivity index (χ2v) is 5.16. The van der Waals surface area contributed by atoms with E-state index in [1.807, 2.05) is 0 Å². The highest BCUT2D eigenvalue weighted by atomic mass is 31.2. The fourth-order valence-corrected chi connectivity index (χ4v) is 2.11. The Kier molecular flexibility index (Phi) is 4.35. The minimum absolute atomic E-state index is 0.135. The fourth-order valence-electron chi connectivity index (χ4n) is 1.23. The van der Waals surface area contributed by atoms with E-state index < -0.39 is 19.3 Å². The highest BCUT2D eigenvalue weighted by molar-refractivity contribution is 7.51. The third-order valence-electron chi connectivity index (χ3n) is 2.10. The third kappa shape index (κ3) is 3.90. The Labute approximate surface area is 96.8 Å². The highest BCUT2D eigenvalue weighted by Crippen LogP contribution is 2.50. The lowest BCUT2D eigenvalue weighted by Gasteiger charge is -2.20. The van der Waals surface area contributed by atoms with Crippen LogP contribution < -0.4 is 0 Å². The zero-order valence-electron chi connectivity index (χ0n) is 9.04. The summed E-state index contributed by atoms with van der Waals surface area (Å²) in [6.45, 7) is 0.937. The van der Waals surface area contributed by atoms with Gasteiger partial charge in [0.1, 0.15) is 0 Å². The number of hydrogen-bond acceptors (Lipinski definition) is 5. The van der Waals surface area contributed by atoms with E-state index in [0.29, 0.717) is 5.06 Å². The monoisotopic (exact) mass is 264 g/mol. The number of nitrogens with zero attached hydrogens (tertiary/aromatic N) is 4. The quantitative estimate of drug-likeness (QED) is 0.374.